The number of hydrogen-bond donors (Lipinski definition) is 1. The lowest BCUT2D eigenvalue weighted by Crippen LogP contribution is -2.38. The van der Waals surface area contributed by atoms with Gasteiger partial charge in [-0.2, -0.15) is 4.31 Å². The lowest BCUT2D eigenvalue weighted by atomic mass is 10.2. The summed E-state index contributed by atoms with van der Waals surface area (Å²) in [6.45, 7) is 7.48. The molecule has 0 aliphatic carbocycles. The van der Waals surface area contributed by atoms with E-state index in [1.165, 1.54) is 0 Å². The lowest BCUT2D eigenvalue weighted by molar-refractivity contribution is -0.127. The van der Waals surface area contributed by atoms with Crippen molar-refractivity contribution < 1.29 is 17.9 Å². The minimum Gasteiger partial charge on any atom is -0.481 e. The highest BCUT2D eigenvalue weighted by Gasteiger charge is 2.25. The van der Waals surface area contributed by atoms with Crippen LogP contribution in [0.2, 0.25) is 0 Å². The highest BCUT2D eigenvalue weighted by atomic mass is 32.2. The molecule has 1 N–H and O–H groups in total. The molecule has 7 heteroatoms. The number of nitrogens with zero attached hydrogens (tertiary/aromatic N) is 1. The minimum absolute atomic E-state index is 0.181. The SMILES string of the molecule is CC(C)CNC(=O)[C@H](C)Oc1ccc(S(=O)(=O)N2CCCCCC2)cc1. The zero-order valence-electron chi connectivity index (χ0n) is 15.9. The summed E-state index contributed by atoms with van der Waals surface area (Å²) in [4.78, 5) is 12.2. The third-order valence-electron chi connectivity index (χ3n) is 4.39. The molecule has 1 aromatic carbocycles. The van der Waals surface area contributed by atoms with E-state index in [0.717, 1.165) is 25.7 Å². The summed E-state index contributed by atoms with van der Waals surface area (Å²) in [7, 11) is -3.47. The smallest absolute Gasteiger partial charge is 0.260 e. The Bertz CT molecular complexity index is 678. The average molecular weight is 383 g/mol. The number of rotatable bonds is 7. The predicted molar refractivity (Wildman–Crippen MR) is 102 cm³/mol. The molecule has 146 valence electrons. The summed E-state index contributed by atoms with van der Waals surface area (Å²) < 4.78 is 32.7. The van der Waals surface area contributed by atoms with E-state index in [-0.39, 0.29) is 10.8 Å². The molecule has 0 saturated carbocycles. The van der Waals surface area contributed by atoms with E-state index in [2.05, 4.69) is 5.32 Å². The largest absolute Gasteiger partial charge is 0.481 e. The molecule has 0 spiro atoms. The van der Waals surface area contributed by atoms with Crippen LogP contribution in [0.25, 0.3) is 0 Å². The van der Waals surface area contributed by atoms with Crippen molar-refractivity contribution in [1.82, 2.24) is 9.62 Å². The van der Waals surface area contributed by atoms with Crippen LogP contribution in [0.3, 0.4) is 0 Å². The van der Waals surface area contributed by atoms with Gasteiger partial charge in [-0.1, -0.05) is 26.7 Å². The van der Waals surface area contributed by atoms with Crippen LogP contribution < -0.4 is 10.1 Å². The number of carbonyl (C=O) groups is 1. The van der Waals surface area contributed by atoms with Gasteiger partial charge in [0.1, 0.15) is 5.75 Å². The van der Waals surface area contributed by atoms with E-state index in [0.29, 0.717) is 31.3 Å². The van der Waals surface area contributed by atoms with Crippen LogP contribution in [0.5, 0.6) is 5.75 Å². The minimum atomic E-state index is -3.47. The molecular formula is C19H30N2O4S. The second-order valence-electron chi connectivity index (χ2n) is 7.19. The zero-order valence-corrected chi connectivity index (χ0v) is 16.7. The first-order valence-electron chi connectivity index (χ1n) is 9.35. The first kappa shape index (κ1) is 20.7. The van der Waals surface area contributed by atoms with E-state index < -0.39 is 16.1 Å². The number of amides is 1. The Labute approximate surface area is 157 Å². The van der Waals surface area contributed by atoms with Crippen LogP contribution in [-0.4, -0.2) is 44.4 Å². The fraction of sp³-hybridized carbons (Fsp3) is 0.632. The molecule has 0 bridgehead atoms. The molecule has 1 aliphatic rings. The van der Waals surface area contributed by atoms with Crippen LogP contribution in [0, 0.1) is 5.92 Å². The Balaban J connectivity index is 1.99. The van der Waals surface area contributed by atoms with Gasteiger partial charge in [0.05, 0.1) is 4.90 Å². The van der Waals surface area contributed by atoms with Crippen molar-refractivity contribution >= 4 is 15.9 Å². The van der Waals surface area contributed by atoms with E-state index in [9.17, 15) is 13.2 Å². The van der Waals surface area contributed by atoms with E-state index in [1.54, 1.807) is 35.5 Å². The normalized spacial score (nSPS) is 17.5. The summed E-state index contributed by atoms with van der Waals surface area (Å²) in [5.74, 6) is 0.668. The quantitative estimate of drug-likeness (QED) is 0.787. The number of benzene rings is 1. The lowest BCUT2D eigenvalue weighted by Gasteiger charge is -2.20. The molecule has 2 rings (SSSR count). The Morgan fingerprint density at radius 3 is 2.19 bits per heavy atom. The highest BCUT2D eigenvalue weighted by molar-refractivity contribution is 7.89. The summed E-state index contributed by atoms with van der Waals surface area (Å²) in [5, 5.41) is 2.82. The van der Waals surface area contributed by atoms with Crippen LogP contribution in [0.1, 0.15) is 46.5 Å². The first-order chi connectivity index (χ1) is 12.3. The van der Waals surface area contributed by atoms with Crippen molar-refractivity contribution in [3.63, 3.8) is 0 Å². The van der Waals surface area contributed by atoms with E-state index in [1.807, 2.05) is 13.8 Å². The van der Waals surface area contributed by atoms with Gasteiger partial charge in [0, 0.05) is 19.6 Å². The van der Waals surface area contributed by atoms with Crippen molar-refractivity contribution in [1.29, 1.82) is 0 Å². The third-order valence-corrected chi connectivity index (χ3v) is 6.31. The molecule has 1 atom stereocenters. The first-order valence-corrected chi connectivity index (χ1v) is 10.8. The molecule has 1 aromatic rings. The molecular weight excluding hydrogens is 352 g/mol. The fourth-order valence-electron chi connectivity index (χ4n) is 2.83. The molecule has 26 heavy (non-hydrogen) atoms. The van der Waals surface area contributed by atoms with Crippen LogP contribution in [-0.2, 0) is 14.8 Å². The maximum Gasteiger partial charge on any atom is 0.260 e. The maximum absolute atomic E-state index is 12.8. The number of sulfonamides is 1. The highest BCUT2D eigenvalue weighted by Crippen LogP contribution is 2.23. The van der Waals surface area contributed by atoms with Crippen molar-refractivity contribution in [2.24, 2.45) is 5.92 Å². The van der Waals surface area contributed by atoms with Gasteiger partial charge in [0.15, 0.2) is 6.10 Å². The molecule has 0 unspecified atom stereocenters. The van der Waals surface area contributed by atoms with E-state index in [4.69, 9.17) is 4.74 Å². The number of hydrogen-bond acceptors (Lipinski definition) is 4. The molecule has 1 fully saturated rings. The van der Waals surface area contributed by atoms with Gasteiger partial charge in [0.25, 0.3) is 5.91 Å². The van der Waals surface area contributed by atoms with Crippen molar-refractivity contribution in [3.05, 3.63) is 24.3 Å². The summed E-state index contributed by atoms with van der Waals surface area (Å²) in [6, 6.07) is 6.32. The van der Waals surface area contributed by atoms with Crippen molar-refractivity contribution in [3.8, 4) is 5.75 Å². The van der Waals surface area contributed by atoms with Crippen molar-refractivity contribution in [2.75, 3.05) is 19.6 Å². The second kappa shape index (κ2) is 9.37. The fourth-order valence-corrected chi connectivity index (χ4v) is 4.34. The number of ether oxygens (including phenoxy) is 1. The Morgan fingerprint density at radius 1 is 1.08 bits per heavy atom. The van der Waals surface area contributed by atoms with Crippen LogP contribution in [0.4, 0.5) is 0 Å². The molecule has 1 heterocycles. The predicted octanol–water partition coefficient (Wildman–Crippen LogP) is 2.79. The number of nitrogens with one attached hydrogen (secondary N) is 1. The molecule has 0 radical (unpaired) electrons. The van der Waals surface area contributed by atoms with E-state index >= 15 is 0 Å². The maximum atomic E-state index is 12.8. The van der Waals surface area contributed by atoms with Gasteiger partial charge in [-0.25, -0.2) is 8.42 Å². The van der Waals surface area contributed by atoms with Gasteiger partial charge in [-0.05, 0) is 49.9 Å². The molecule has 6 nitrogen and oxygen atoms in total. The number of carbonyl (C=O) groups excluding carboxylic acids is 1. The summed E-state index contributed by atoms with van der Waals surface area (Å²) in [5.41, 5.74) is 0. The van der Waals surface area contributed by atoms with Gasteiger partial charge in [-0.15, -0.1) is 0 Å². The Hall–Kier alpha value is -1.60. The van der Waals surface area contributed by atoms with Gasteiger partial charge >= 0.3 is 0 Å². The third kappa shape index (κ3) is 5.71. The Morgan fingerprint density at radius 2 is 1.65 bits per heavy atom. The summed E-state index contributed by atoms with van der Waals surface area (Å²) in [6.07, 6.45) is 3.33. The molecule has 1 saturated heterocycles. The van der Waals surface area contributed by atoms with Gasteiger partial charge < -0.3 is 10.1 Å². The van der Waals surface area contributed by atoms with Gasteiger partial charge in [0.2, 0.25) is 10.0 Å². The van der Waals surface area contributed by atoms with Gasteiger partial charge in [-0.3, -0.25) is 4.79 Å². The molecule has 0 aromatic heterocycles. The topological polar surface area (TPSA) is 75.7 Å². The molecule has 1 aliphatic heterocycles. The average Bonchev–Trinajstić information content (AvgIpc) is 2.90. The second-order valence-corrected chi connectivity index (χ2v) is 9.13. The van der Waals surface area contributed by atoms with Crippen LogP contribution in [0.15, 0.2) is 29.2 Å². The monoisotopic (exact) mass is 382 g/mol. The molecule has 1 amide bonds. The standard InChI is InChI=1S/C19H30N2O4S/c1-15(2)14-20-19(22)16(3)25-17-8-10-18(11-9-17)26(23,24)21-12-6-4-5-7-13-21/h8-11,15-16H,4-7,12-14H2,1-3H3,(H,20,22)/t16-/m0/s1. The Kier molecular flexibility index (Phi) is 7.46. The summed E-state index contributed by atoms with van der Waals surface area (Å²) >= 11 is 0. The van der Waals surface area contributed by atoms with Crippen LogP contribution >= 0.6 is 0 Å². The van der Waals surface area contributed by atoms with Crippen molar-refractivity contribution in [2.45, 2.75) is 57.5 Å². The zero-order chi connectivity index (χ0) is 19.2.